The zero-order chi connectivity index (χ0) is 14.0. The lowest BCUT2D eigenvalue weighted by Crippen LogP contribution is -2.45. The molecule has 19 heavy (non-hydrogen) atoms. The Kier molecular flexibility index (Phi) is 3.88. The summed E-state index contributed by atoms with van der Waals surface area (Å²) < 4.78 is 0. The van der Waals surface area contributed by atoms with Gasteiger partial charge in [-0.1, -0.05) is 38.1 Å². The van der Waals surface area contributed by atoms with Gasteiger partial charge < -0.3 is 9.90 Å². The van der Waals surface area contributed by atoms with Crippen LogP contribution in [0.1, 0.15) is 36.6 Å². The Bertz CT molecular complexity index is 494. The van der Waals surface area contributed by atoms with Gasteiger partial charge in [0.1, 0.15) is 6.29 Å². The Morgan fingerprint density at radius 2 is 2.26 bits per heavy atom. The first-order valence-corrected chi connectivity index (χ1v) is 6.58. The summed E-state index contributed by atoms with van der Waals surface area (Å²) in [7, 11) is 0. The van der Waals surface area contributed by atoms with E-state index in [1.54, 1.807) is 0 Å². The molecule has 0 saturated heterocycles. The maximum Gasteiger partial charge on any atom is 0.141 e. The molecule has 1 aromatic rings. The maximum absolute atomic E-state index is 11.4. The van der Waals surface area contributed by atoms with E-state index in [1.807, 2.05) is 24.3 Å². The zero-order valence-corrected chi connectivity index (χ0v) is 11.6. The molecule has 3 nitrogen and oxygen atoms in total. The van der Waals surface area contributed by atoms with Crippen LogP contribution in [-0.2, 0) is 16.8 Å². The molecule has 0 amide bonds. The number of aliphatic hydroxyl groups is 1. The van der Waals surface area contributed by atoms with Crippen molar-refractivity contribution in [2.45, 2.75) is 31.9 Å². The maximum atomic E-state index is 11.4. The van der Waals surface area contributed by atoms with E-state index in [2.05, 4.69) is 25.3 Å². The zero-order valence-electron chi connectivity index (χ0n) is 11.6. The van der Waals surface area contributed by atoms with Gasteiger partial charge >= 0.3 is 0 Å². The number of hydrogen-bond donors (Lipinski definition) is 1. The van der Waals surface area contributed by atoms with E-state index in [0.717, 1.165) is 29.5 Å². The molecule has 1 atom stereocenters. The van der Waals surface area contributed by atoms with Crippen molar-refractivity contribution >= 4 is 6.29 Å². The molecule has 0 fully saturated rings. The number of rotatable bonds is 4. The van der Waals surface area contributed by atoms with Crippen molar-refractivity contribution in [2.75, 3.05) is 13.1 Å². The molecular weight excluding hydrogens is 238 g/mol. The van der Waals surface area contributed by atoms with Crippen LogP contribution in [0.5, 0.6) is 0 Å². The van der Waals surface area contributed by atoms with Crippen LogP contribution in [0.2, 0.25) is 0 Å². The van der Waals surface area contributed by atoms with Gasteiger partial charge in [0.05, 0.1) is 12.6 Å². The molecule has 0 bridgehead atoms. The van der Waals surface area contributed by atoms with Gasteiger partial charge in [-0.2, -0.15) is 0 Å². The van der Waals surface area contributed by atoms with Crippen molar-refractivity contribution in [3.05, 3.63) is 47.5 Å². The van der Waals surface area contributed by atoms with Crippen molar-refractivity contribution in [2.24, 2.45) is 0 Å². The summed E-state index contributed by atoms with van der Waals surface area (Å²) in [4.78, 5) is 13.6. The molecule has 1 aromatic carbocycles. The molecule has 102 valence electrons. The summed E-state index contributed by atoms with van der Waals surface area (Å²) >= 11 is 0. The highest BCUT2D eigenvalue weighted by Crippen LogP contribution is 2.39. The molecule has 0 aromatic heterocycles. The first kappa shape index (κ1) is 14.0. The van der Waals surface area contributed by atoms with E-state index in [0.29, 0.717) is 6.54 Å². The Morgan fingerprint density at radius 3 is 2.84 bits per heavy atom. The van der Waals surface area contributed by atoms with Crippen molar-refractivity contribution in [1.29, 1.82) is 0 Å². The molecule has 1 heterocycles. The first-order chi connectivity index (χ1) is 9.03. The summed E-state index contributed by atoms with van der Waals surface area (Å²) in [5, 5.41) is 9.28. The summed E-state index contributed by atoms with van der Waals surface area (Å²) in [5.41, 5.74) is 3.07. The number of benzene rings is 1. The van der Waals surface area contributed by atoms with Gasteiger partial charge in [0.2, 0.25) is 0 Å². The minimum absolute atomic E-state index is 0.0332. The third-order valence-electron chi connectivity index (χ3n) is 3.83. The standard InChI is InChI=1S/C16H21NO2/c1-4-7-17-11-16(2,3)14-8-12(9-18)5-6-13(14)15(17)10-19/h4-6,8,10,15,18H,1,7,9,11H2,2-3H3. The molecule has 1 aliphatic rings. The van der Waals surface area contributed by atoms with Crippen LogP contribution in [0, 0.1) is 0 Å². The van der Waals surface area contributed by atoms with E-state index in [9.17, 15) is 9.90 Å². The fraction of sp³-hybridized carbons (Fsp3) is 0.438. The minimum atomic E-state index is -0.214. The van der Waals surface area contributed by atoms with Gasteiger partial charge in [-0.05, 0) is 16.7 Å². The van der Waals surface area contributed by atoms with Gasteiger partial charge in [0, 0.05) is 18.5 Å². The molecule has 1 unspecified atom stereocenters. The van der Waals surface area contributed by atoms with E-state index >= 15 is 0 Å². The molecule has 3 heteroatoms. The number of carbonyl (C=O) groups excluding carboxylic acids is 1. The van der Waals surface area contributed by atoms with Crippen LogP contribution >= 0.6 is 0 Å². The molecule has 2 rings (SSSR count). The largest absolute Gasteiger partial charge is 0.392 e. The van der Waals surface area contributed by atoms with Crippen LogP contribution in [0.3, 0.4) is 0 Å². The average molecular weight is 259 g/mol. The van der Waals surface area contributed by atoms with Crippen molar-refractivity contribution in [3.8, 4) is 0 Å². The number of carbonyl (C=O) groups is 1. The number of fused-ring (bicyclic) bond motifs is 1. The van der Waals surface area contributed by atoms with E-state index in [1.165, 1.54) is 0 Å². The lowest BCUT2D eigenvalue weighted by molar-refractivity contribution is -0.113. The quantitative estimate of drug-likeness (QED) is 0.665. The van der Waals surface area contributed by atoms with Gasteiger partial charge in [-0.15, -0.1) is 6.58 Å². The second-order valence-electron chi connectivity index (χ2n) is 5.76. The Morgan fingerprint density at radius 1 is 1.53 bits per heavy atom. The Hall–Kier alpha value is -1.45. The SMILES string of the molecule is C=CCN1CC(C)(C)c2cc(CO)ccc2C1C=O. The monoisotopic (exact) mass is 259 g/mol. The van der Waals surface area contributed by atoms with Crippen LogP contribution in [-0.4, -0.2) is 29.4 Å². The van der Waals surface area contributed by atoms with E-state index in [4.69, 9.17) is 0 Å². The lowest BCUT2D eigenvalue weighted by atomic mass is 9.75. The van der Waals surface area contributed by atoms with Gasteiger partial charge in [-0.25, -0.2) is 0 Å². The molecule has 0 radical (unpaired) electrons. The second-order valence-corrected chi connectivity index (χ2v) is 5.76. The van der Waals surface area contributed by atoms with Crippen LogP contribution in [0.15, 0.2) is 30.9 Å². The van der Waals surface area contributed by atoms with Crippen LogP contribution in [0.25, 0.3) is 0 Å². The first-order valence-electron chi connectivity index (χ1n) is 6.58. The Balaban J connectivity index is 2.53. The number of nitrogens with zero attached hydrogens (tertiary/aromatic N) is 1. The molecule has 0 saturated carbocycles. The number of aldehydes is 1. The van der Waals surface area contributed by atoms with Crippen LogP contribution in [0.4, 0.5) is 0 Å². The highest BCUT2D eigenvalue weighted by Gasteiger charge is 2.37. The predicted octanol–water partition coefficient (Wildman–Crippen LogP) is 2.20. The number of hydrogen-bond acceptors (Lipinski definition) is 3. The second kappa shape index (κ2) is 5.27. The van der Waals surface area contributed by atoms with Crippen LogP contribution < -0.4 is 0 Å². The molecule has 1 aliphatic heterocycles. The molecule has 0 spiro atoms. The molecular formula is C16H21NO2. The average Bonchev–Trinajstić information content (AvgIpc) is 2.39. The summed E-state index contributed by atoms with van der Waals surface area (Å²) in [5.74, 6) is 0. The van der Waals surface area contributed by atoms with Crippen molar-refractivity contribution in [1.82, 2.24) is 4.90 Å². The summed E-state index contributed by atoms with van der Waals surface area (Å²) in [6.07, 6.45) is 2.83. The van der Waals surface area contributed by atoms with Gasteiger partial charge in [-0.3, -0.25) is 4.90 Å². The van der Waals surface area contributed by atoms with Gasteiger partial charge in [0.15, 0.2) is 0 Å². The summed E-state index contributed by atoms with van der Waals surface area (Å²) in [6.45, 7) is 9.65. The van der Waals surface area contributed by atoms with E-state index in [-0.39, 0.29) is 18.1 Å². The normalized spacial score (nSPS) is 21.7. The molecule has 1 N–H and O–H groups in total. The van der Waals surface area contributed by atoms with Gasteiger partial charge in [0.25, 0.3) is 0 Å². The smallest absolute Gasteiger partial charge is 0.141 e. The van der Waals surface area contributed by atoms with Crippen molar-refractivity contribution < 1.29 is 9.90 Å². The summed E-state index contributed by atoms with van der Waals surface area (Å²) in [6, 6.07) is 5.67. The minimum Gasteiger partial charge on any atom is -0.392 e. The fourth-order valence-corrected chi connectivity index (χ4v) is 2.94. The topological polar surface area (TPSA) is 40.5 Å². The van der Waals surface area contributed by atoms with E-state index < -0.39 is 0 Å². The predicted molar refractivity (Wildman–Crippen MR) is 76.0 cm³/mol. The highest BCUT2D eigenvalue weighted by atomic mass is 16.3. The lowest BCUT2D eigenvalue weighted by Gasteiger charge is -2.43. The third-order valence-corrected chi connectivity index (χ3v) is 3.83. The number of aliphatic hydroxyl groups excluding tert-OH is 1. The third kappa shape index (κ3) is 2.48. The highest BCUT2D eigenvalue weighted by molar-refractivity contribution is 5.65. The molecule has 0 aliphatic carbocycles. The van der Waals surface area contributed by atoms with Crippen molar-refractivity contribution in [3.63, 3.8) is 0 Å². The fourth-order valence-electron chi connectivity index (χ4n) is 2.94. The Labute approximate surface area is 114 Å².